The largest absolute Gasteiger partial charge is 0.380 e. The van der Waals surface area contributed by atoms with Crippen LogP contribution in [0.15, 0.2) is 42.5 Å². The van der Waals surface area contributed by atoms with Gasteiger partial charge in [-0.2, -0.15) is 5.26 Å². The minimum absolute atomic E-state index is 0.489. The average Bonchev–Trinajstić information content (AvgIpc) is 2.88. The standard InChI is InChI=1S/C28H36N6/c1-21-16-25(32(2)19-22-5-8-24(9-6-22)33-14-12-30-13-15-33)20-34(18-21)27-10-7-23(17-29)28-26(27)4-3-11-31-28/h3-10,21,25,30-31H,11-16,18-20H2,1-2H3/t21-,25+/m0/s1. The Morgan fingerprint density at radius 2 is 1.85 bits per heavy atom. The lowest BCUT2D eigenvalue weighted by atomic mass is 9.92. The van der Waals surface area contributed by atoms with Gasteiger partial charge in [0.05, 0.1) is 11.3 Å². The number of likely N-dealkylation sites (N-methyl/N-ethyl adjacent to an activating group) is 1. The van der Waals surface area contributed by atoms with Crippen LogP contribution in [-0.2, 0) is 6.54 Å². The molecule has 3 heterocycles. The van der Waals surface area contributed by atoms with Crippen molar-refractivity contribution in [2.24, 2.45) is 5.92 Å². The quantitative estimate of drug-likeness (QED) is 0.715. The fourth-order valence-corrected chi connectivity index (χ4v) is 5.66. The summed E-state index contributed by atoms with van der Waals surface area (Å²) in [6.45, 7) is 10.4. The van der Waals surface area contributed by atoms with Crippen molar-refractivity contribution >= 4 is 23.1 Å². The number of nitriles is 1. The molecule has 6 nitrogen and oxygen atoms in total. The Hall–Kier alpha value is -3.01. The molecule has 178 valence electrons. The van der Waals surface area contributed by atoms with E-state index in [1.165, 1.54) is 23.4 Å². The highest BCUT2D eigenvalue weighted by Crippen LogP contribution is 2.36. The normalized spacial score (nSPS) is 22.3. The van der Waals surface area contributed by atoms with Crippen molar-refractivity contribution in [2.45, 2.75) is 25.9 Å². The number of hydrogen-bond acceptors (Lipinski definition) is 6. The molecule has 5 rings (SSSR count). The molecule has 0 spiro atoms. The van der Waals surface area contributed by atoms with E-state index < -0.39 is 0 Å². The molecule has 2 fully saturated rings. The van der Waals surface area contributed by atoms with Crippen molar-refractivity contribution < 1.29 is 0 Å². The van der Waals surface area contributed by atoms with E-state index in [-0.39, 0.29) is 0 Å². The lowest BCUT2D eigenvalue weighted by Crippen LogP contribution is -2.49. The number of nitrogens with one attached hydrogen (secondary N) is 2. The Labute approximate surface area is 203 Å². The topological polar surface area (TPSA) is 57.6 Å². The molecular weight excluding hydrogens is 420 g/mol. The third kappa shape index (κ3) is 4.77. The third-order valence-electron chi connectivity index (χ3n) is 7.48. The molecule has 0 aromatic heterocycles. The summed E-state index contributed by atoms with van der Waals surface area (Å²) in [6.07, 6.45) is 5.53. The first-order chi connectivity index (χ1) is 16.6. The highest BCUT2D eigenvalue weighted by molar-refractivity contribution is 5.84. The zero-order valence-corrected chi connectivity index (χ0v) is 20.4. The number of anilines is 3. The second-order valence-corrected chi connectivity index (χ2v) is 10.0. The maximum atomic E-state index is 9.54. The summed E-state index contributed by atoms with van der Waals surface area (Å²) in [5, 5.41) is 16.4. The Bertz CT molecular complexity index is 1060. The number of benzene rings is 2. The van der Waals surface area contributed by atoms with E-state index in [2.05, 4.69) is 87.9 Å². The number of rotatable bonds is 5. The summed E-state index contributed by atoms with van der Waals surface area (Å²) < 4.78 is 0. The maximum absolute atomic E-state index is 9.54. The van der Waals surface area contributed by atoms with Crippen molar-refractivity contribution in [3.63, 3.8) is 0 Å². The van der Waals surface area contributed by atoms with Gasteiger partial charge in [0.1, 0.15) is 6.07 Å². The summed E-state index contributed by atoms with van der Waals surface area (Å²) in [4.78, 5) is 7.51. The lowest BCUT2D eigenvalue weighted by molar-refractivity contribution is 0.184. The molecule has 0 amide bonds. The molecule has 2 saturated heterocycles. The average molecular weight is 457 g/mol. The monoisotopic (exact) mass is 456 g/mol. The van der Waals surface area contributed by atoms with Crippen LogP contribution in [0.5, 0.6) is 0 Å². The third-order valence-corrected chi connectivity index (χ3v) is 7.48. The molecule has 6 heteroatoms. The Balaban J connectivity index is 1.29. The van der Waals surface area contributed by atoms with Crippen LogP contribution in [0.25, 0.3) is 6.08 Å². The Kier molecular flexibility index (Phi) is 6.75. The minimum Gasteiger partial charge on any atom is -0.380 e. The van der Waals surface area contributed by atoms with E-state index >= 15 is 0 Å². The predicted octanol–water partition coefficient (Wildman–Crippen LogP) is 3.75. The van der Waals surface area contributed by atoms with Crippen LogP contribution < -0.4 is 20.4 Å². The highest BCUT2D eigenvalue weighted by atomic mass is 15.2. The molecule has 0 saturated carbocycles. The van der Waals surface area contributed by atoms with Gasteiger partial charge in [-0.15, -0.1) is 0 Å². The first-order valence-electron chi connectivity index (χ1n) is 12.6. The van der Waals surface area contributed by atoms with Gasteiger partial charge in [0.25, 0.3) is 0 Å². The Morgan fingerprint density at radius 3 is 2.62 bits per heavy atom. The molecule has 0 aliphatic carbocycles. The van der Waals surface area contributed by atoms with Crippen LogP contribution in [0.3, 0.4) is 0 Å². The van der Waals surface area contributed by atoms with Crippen molar-refractivity contribution in [1.82, 2.24) is 10.2 Å². The fourth-order valence-electron chi connectivity index (χ4n) is 5.66. The van der Waals surface area contributed by atoms with E-state index in [1.54, 1.807) is 0 Å². The van der Waals surface area contributed by atoms with Crippen LogP contribution in [-0.4, -0.2) is 63.8 Å². The zero-order valence-electron chi connectivity index (χ0n) is 20.4. The van der Waals surface area contributed by atoms with Gasteiger partial charge in [-0.1, -0.05) is 31.2 Å². The van der Waals surface area contributed by atoms with E-state index in [0.29, 0.717) is 12.0 Å². The molecule has 3 aliphatic rings. The van der Waals surface area contributed by atoms with Gasteiger partial charge in [-0.3, -0.25) is 4.90 Å². The number of piperidine rings is 1. The van der Waals surface area contributed by atoms with Gasteiger partial charge < -0.3 is 20.4 Å². The van der Waals surface area contributed by atoms with E-state index in [4.69, 9.17) is 0 Å². The maximum Gasteiger partial charge on any atom is 0.101 e. The summed E-state index contributed by atoms with van der Waals surface area (Å²) in [7, 11) is 2.26. The van der Waals surface area contributed by atoms with E-state index in [1.807, 2.05) is 6.07 Å². The van der Waals surface area contributed by atoms with Crippen LogP contribution >= 0.6 is 0 Å². The smallest absolute Gasteiger partial charge is 0.101 e. The van der Waals surface area contributed by atoms with Gasteiger partial charge in [0.2, 0.25) is 0 Å². The van der Waals surface area contributed by atoms with Crippen LogP contribution in [0, 0.1) is 17.2 Å². The molecular formula is C28H36N6. The zero-order chi connectivity index (χ0) is 23.5. The first-order valence-corrected chi connectivity index (χ1v) is 12.6. The highest BCUT2D eigenvalue weighted by Gasteiger charge is 2.29. The number of nitrogens with zero attached hydrogens (tertiary/aromatic N) is 4. The van der Waals surface area contributed by atoms with Crippen molar-refractivity contribution in [3.05, 3.63) is 59.2 Å². The molecule has 2 aromatic rings. The van der Waals surface area contributed by atoms with Gasteiger partial charge in [-0.05, 0) is 49.2 Å². The molecule has 0 radical (unpaired) electrons. The van der Waals surface area contributed by atoms with Crippen LogP contribution in [0.2, 0.25) is 0 Å². The summed E-state index contributed by atoms with van der Waals surface area (Å²) >= 11 is 0. The van der Waals surface area contributed by atoms with Crippen LogP contribution in [0.1, 0.15) is 30.0 Å². The van der Waals surface area contributed by atoms with Crippen molar-refractivity contribution in [2.75, 3.05) is 68.0 Å². The van der Waals surface area contributed by atoms with Crippen LogP contribution in [0.4, 0.5) is 17.1 Å². The predicted molar refractivity (Wildman–Crippen MR) is 141 cm³/mol. The number of fused-ring (bicyclic) bond motifs is 1. The lowest BCUT2D eigenvalue weighted by Gasteiger charge is -2.42. The molecule has 34 heavy (non-hydrogen) atoms. The van der Waals surface area contributed by atoms with Crippen molar-refractivity contribution in [3.8, 4) is 6.07 Å². The molecule has 2 atom stereocenters. The van der Waals surface area contributed by atoms with E-state index in [9.17, 15) is 5.26 Å². The second-order valence-electron chi connectivity index (χ2n) is 10.0. The van der Waals surface area contributed by atoms with Gasteiger partial charge in [0.15, 0.2) is 0 Å². The second kappa shape index (κ2) is 10.1. The van der Waals surface area contributed by atoms with Gasteiger partial charge in [-0.25, -0.2) is 0 Å². The summed E-state index contributed by atoms with van der Waals surface area (Å²) in [6, 6.07) is 16.1. The van der Waals surface area contributed by atoms with Gasteiger partial charge in [0, 0.05) is 75.3 Å². The Morgan fingerprint density at radius 1 is 1.06 bits per heavy atom. The minimum atomic E-state index is 0.489. The summed E-state index contributed by atoms with van der Waals surface area (Å²) in [5.41, 5.74) is 6.81. The molecule has 2 aromatic carbocycles. The molecule has 3 aliphatic heterocycles. The SMILES string of the molecule is C[C@H]1C[C@@H](N(C)Cc2ccc(N3CCNCC3)cc2)CN(c2ccc(C#N)c3c2C=CCN3)C1. The molecule has 0 bridgehead atoms. The fraction of sp³-hybridized carbons (Fsp3) is 0.464. The van der Waals surface area contributed by atoms with E-state index in [0.717, 1.165) is 69.2 Å². The van der Waals surface area contributed by atoms with Crippen molar-refractivity contribution in [1.29, 1.82) is 5.26 Å². The first kappa shape index (κ1) is 22.8. The summed E-state index contributed by atoms with van der Waals surface area (Å²) in [5.74, 6) is 0.614. The number of hydrogen-bond donors (Lipinski definition) is 2. The number of piperazine rings is 1. The van der Waals surface area contributed by atoms with Gasteiger partial charge >= 0.3 is 0 Å². The molecule has 0 unspecified atom stereocenters. The molecule has 2 N–H and O–H groups in total.